The molecule has 0 bridgehead atoms. The lowest BCUT2D eigenvalue weighted by atomic mass is 10.2. The van der Waals surface area contributed by atoms with Crippen LogP contribution in [0, 0.1) is 5.92 Å². The molecule has 0 saturated heterocycles. The third kappa shape index (κ3) is 7.69. The largest absolute Gasteiger partial charge is 0.381 e. The zero-order valence-electron chi connectivity index (χ0n) is 7.37. The Kier molecular flexibility index (Phi) is 6.37. The molecule has 0 amide bonds. The fourth-order valence-electron chi connectivity index (χ4n) is 0.662. The number of methoxy groups -OCH3 is 1. The summed E-state index contributed by atoms with van der Waals surface area (Å²) in [5.74, 6) is 0.551. The Balaban J connectivity index is 3.75. The Morgan fingerprint density at radius 2 is 2.18 bits per heavy atom. The van der Waals surface area contributed by atoms with Gasteiger partial charge in [0.05, 0.1) is 6.61 Å². The molecule has 0 fully saturated rings. The monoisotopic (exact) mass is 172 g/mol. The highest BCUT2D eigenvalue weighted by atomic mass is 32.1. The molecule has 0 spiro atoms. The van der Waals surface area contributed by atoms with Gasteiger partial charge in [-0.25, -0.2) is 0 Å². The summed E-state index contributed by atoms with van der Waals surface area (Å²) in [5.41, 5.74) is 0. The van der Waals surface area contributed by atoms with Crippen LogP contribution in [0.5, 0.6) is 0 Å². The molecule has 1 nitrogen and oxygen atoms in total. The number of allylic oxidation sites excluding steroid dienone is 2. The molecular weight excluding hydrogens is 156 g/mol. The van der Waals surface area contributed by atoms with Gasteiger partial charge in [-0.1, -0.05) is 32.1 Å². The van der Waals surface area contributed by atoms with Gasteiger partial charge in [0.15, 0.2) is 0 Å². The van der Waals surface area contributed by atoms with Crippen LogP contribution in [0.25, 0.3) is 0 Å². The van der Waals surface area contributed by atoms with Gasteiger partial charge in [0.25, 0.3) is 0 Å². The van der Waals surface area contributed by atoms with Crippen LogP contribution in [-0.4, -0.2) is 13.7 Å². The van der Waals surface area contributed by atoms with Crippen LogP contribution in [0.1, 0.15) is 13.8 Å². The quantitative estimate of drug-likeness (QED) is 0.506. The van der Waals surface area contributed by atoms with Gasteiger partial charge in [0.1, 0.15) is 0 Å². The highest BCUT2D eigenvalue weighted by Crippen LogP contribution is 2.07. The molecule has 0 atom stereocenters. The molecule has 0 aliphatic rings. The number of hydrogen-bond donors (Lipinski definition) is 1. The van der Waals surface area contributed by atoms with E-state index in [0.29, 0.717) is 12.5 Å². The van der Waals surface area contributed by atoms with E-state index in [1.54, 1.807) is 7.11 Å². The number of rotatable bonds is 4. The maximum absolute atomic E-state index is 4.85. The first-order valence-corrected chi connectivity index (χ1v) is 4.17. The highest BCUT2D eigenvalue weighted by molar-refractivity contribution is 7.84. The minimum Gasteiger partial charge on any atom is -0.381 e. The lowest BCUT2D eigenvalue weighted by Gasteiger charge is -1.95. The minimum absolute atomic E-state index is 0.551. The second-order valence-electron chi connectivity index (χ2n) is 2.69. The lowest BCUT2D eigenvalue weighted by molar-refractivity contribution is 0.234. The Morgan fingerprint density at radius 3 is 2.64 bits per heavy atom. The van der Waals surface area contributed by atoms with E-state index in [-0.39, 0.29) is 0 Å². The van der Waals surface area contributed by atoms with Crippen molar-refractivity contribution in [3.05, 3.63) is 23.1 Å². The number of thiol groups is 1. The van der Waals surface area contributed by atoms with E-state index in [0.717, 1.165) is 4.91 Å². The van der Waals surface area contributed by atoms with E-state index in [1.165, 1.54) is 0 Å². The summed E-state index contributed by atoms with van der Waals surface area (Å²) in [6.07, 6.45) is 5.99. The molecule has 0 heterocycles. The molecule has 0 aliphatic heterocycles. The molecule has 0 aromatic heterocycles. The molecular formula is C9H16OS. The van der Waals surface area contributed by atoms with Gasteiger partial charge in [0, 0.05) is 12.0 Å². The minimum atomic E-state index is 0.551. The average molecular weight is 172 g/mol. The van der Waals surface area contributed by atoms with E-state index >= 15 is 0 Å². The van der Waals surface area contributed by atoms with Crippen molar-refractivity contribution < 1.29 is 4.74 Å². The first kappa shape index (κ1) is 10.8. The molecule has 0 saturated carbocycles. The van der Waals surface area contributed by atoms with E-state index in [1.807, 2.05) is 12.2 Å². The van der Waals surface area contributed by atoms with Gasteiger partial charge in [-0.2, -0.15) is 0 Å². The average Bonchev–Trinajstić information content (AvgIpc) is 1.86. The first-order valence-electron chi connectivity index (χ1n) is 3.73. The Labute approximate surface area is 74.5 Å². The Bertz CT molecular complexity index is 148. The topological polar surface area (TPSA) is 9.23 Å². The molecule has 0 aliphatic carbocycles. The third-order valence-corrected chi connectivity index (χ3v) is 1.35. The number of hydrogen-bond acceptors (Lipinski definition) is 2. The summed E-state index contributed by atoms with van der Waals surface area (Å²) in [6, 6.07) is 0. The van der Waals surface area contributed by atoms with Gasteiger partial charge in [-0.3, -0.25) is 0 Å². The Morgan fingerprint density at radius 1 is 1.55 bits per heavy atom. The van der Waals surface area contributed by atoms with Crippen molar-refractivity contribution in [2.75, 3.05) is 13.7 Å². The SMILES string of the molecule is COC/C=C\C(S)=C/C(C)C. The second kappa shape index (κ2) is 6.50. The summed E-state index contributed by atoms with van der Waals surface area (Å²) in [4.78, 5) is 0.997. The second-order valence-corrected chi connectivity index (χ2v) is 3.21. The third-order valence-electron chi connectivity index (χ3n) is 1.06. The van der Waals surface area contributed by atoms with Crippen molar-refractivity contribution >= 4 is 12.6 Å². The normalized spacial score (nSPS) is 13.4. The predicted octanol–water partition coefficient (Wildman–Crippen LogP) is 2.66. The van der Waals surface area contributed by atoms with Crippen LogP contribution in [0.3, 0.4) is 0 Å². The smallest absolute Gasteiger partial charge is 0.0647 e. The van der Waals surface area contributed by atoms with Gasteiger partial charge in [-0.05, 0) is 5.92 Å². The molecule has 0 rings (SSSR count). The van der Waals surface area contributed by atoms with Crippen molar-refractivity contribution in [2.24, 2.45) is 5.92 Å². The summed E-state index contributed by atoms with van der Waals surface area (Å²) < 4.78 is 4.85. The van der Waals surface area contributed by atoms with Gasteiger partial charge in [0.2, 0.25) is 0 Å². The van der Waals surface area contributed by atoms with Crippen LogP contribution < -0.4 is 0 Å². The zero-order chi connectivity index (χ0) is 8.69. The fourth-order valence-corrected chi connectivity index (χ4v) is 1.07. The molecule has 0 aromatic carbocycles. The maximum Gasteiger partial charge on any atom is 0.0647 e. The first-order chi connectivity index (χ1) is 5.16. The van der Waals surface area contributed by atoms with Crippen molar-refractivity contribution in [1.29, 1.82) is 0 Å². The van der Waals surface area contributed by atoms with Crippen LogP contribution >= 0.6 is 12.6 Å². The highest BCUT2D eigenvalue weighted by Gasteiger charge is 1.87. The Hall–Kier alpha value is -0.210. The standard InChI is InChI=1S/C9H16OS/c1-8(2)7-9(11)5-4-6-10-3/h4-5,7-8,11H,6H2,1-3H3/b5-4-,9-7+. The molecule has 11 heavy (non-hydrogen) atoms. The fraction of sp³-hybridized carbons (Fsp3) is 0.556. The lowest BCUT2D eigenvalue weighted by Crippen LogP contribution is -1.82. The summed E-state index contributed by atoms with van der Waals surface area (Å²) >= 11 is 4.26. The van der Waals surface area contributed by atoms with Crippen LogP contribution in [0.4, 0.5) is 0 Å². The maximum atomic E-state index is 4.85. The number of ether oxygens (including phenoxy) is 1. The predicted molar refractivity (Wildman–Crippen MR) is 52.9 cm³/mol. The summed E-state index contributed by atoms with van der Waals surface area (Å²) in [6.45, 7) is 4.90. The van der Waals surface area contributed by atoms with Crippen LogP contribution in [-0.2, 0) is 4.74 Å². The van der Waals surface area contributed by atoms with Crippen molar-refractivity contribution in [2.45, 2.75) is 13.8 Å². The van der Waals surface area contributed by atoms with Crippen molar-refractivity contribution in [1.82, 2.24) is 0 Å². The van der Waals surface area contributed by atoms with Gasteiger partial charge >= 0.3 is 0 Å². The van der Waals surface area contributed by atoms with E-state index in [2.05, 4.69) is 32.6 Å². The van der Waals surface area contributed by atoms with Crippen molar-refractivity contribution in [3.63, 3.8) is 0 Å². The summed E-state index contributed by atoms with van der Waals surface area (Å²) in [7, 11) is 1.68. The van der Waals surface area contributed by atoms with Gasteiger partial charge < -0.3 is 4.74 Å². The molecule has 0 unspecified atom stereocenters. The van der Waals surface area contributed by atoms with Crippen molar-refractivity contribution in [3.8, 4) is 0 Å². The van der Waals surface area contributed by atoms with Crippen LogP contribution in [0.2, 0.25) is 0 Å². The van der Waals surface area contributed by atoms with Crippen LogP contribution in [0.15, 0.2) is 23.1 Å². The molecule has 2 heteroatoms. The van der Waals surface area contributed by atoms with E-state index in [4.69, 9.17) is 4.74 Å². The summed E-state index contributed by atoms with van der Waals surface area (Å²) in [5, 5.41) is 0. The van der Waals surface area contributed by atoms with E-state index in [9.17, 15) is 0 Å². The molecule has 0 aromatic rings. The molecule has 64 valence electrons. The molecule has 0 radical (unpaired) electrons. The van der Waals surface area contributed by atoms with E-state index < -0.39 is 0 Å². The van der Waals surface area contributed by atoms with Gasteiger partial charge in [-0.15, -0.1) is 12.6 Å². The molecule has 0 N–H and O–H groups in total. The zero-order valence-corrected chi connectivity index (χ0v) is 8.27.